The predicted molar refractivity (Wildman–Crippen MR) is 69.8 cm³/mol. The third-order valence-corrected chi connectivity index (χ3v) is 4.77. The first-order valence-corrected chi connectivity index (χ1v) is 7.50. The summed E-state index contributed by atoms with van der Waals surface area (Å²) >= 11 is 1.01. The summed E-state index contributed by atoms with van der Waals surface area (Å²) in [6.07, 6.45) is 1.49. The smallest absolute Gasteiger partial charge is 0.349 e. The molecule has 0 aromatic carbocycles. The van der Waals surface area contributed by atoms with Crippen molar-refractivity contribution in [1.82, 2.24) is 10.2 Å². The average Bonchev–Trinajstić information content (AvgIpc) is 2.98. The molecule has 0 aliphatic heterocycles. The lowest BCUT2D eigenvalue weighted by molar-refractivity contribution is 0.0602. The summed E-state index contributed by atoms with van der Waals surface area (Å²) in [5.41, 5.74) is 0.651. The van der Waals surface area contributed by atoms with Crippen LogP contribution in [0.15, 0.2) is 22.5 Å². The molecule has 0 fully saturated rings. The molecule has 19 heavy (non-hydrogen) atoms. The van der Waals surface area contributed by atoms with Crippen LogP contribution in [0.3, 0.4) is 0 Å². The third kappa shape index (κ3) is 2.61. The number of hydrogen-bond acceptors (Lipinski definition) is 6. The van der Waals surface area contributed by atoms with Crippen LogP contribution in [0.1, 0.15) is 15.2 Å². The summed E-state index contributed by atoms with van der Waals surface area (Å²) < 4.78 is 31.3. The van der Waals surface area contributed by atoms with Gasteiger partial charge in [-0.1, -0.05) is 0 Å². The van der Waals surface area contributed by atoms with Crippen molar-refractivity contribution in [1.29, 1.82) is 0 Å². The van der Waals surface area contributed by atoms with Crippen LogP contribution in [-0.2, 0) is 14.8 Å². The van der Waals surface area contributed by atoms with Crippen LogP contribution in [-0.4, -0.2) is 31.7 Å². The van der Waals surface area contributed by atoms with Gasteiger partial charge in [-0.05, 0) is 18.4 Å². The Balaban J connectivity index is 2.38. The molecule has 0 bridgehead atoms. The van der Waals surface area contributed by atoms with Crippen LogP contribution < -0.4 is 4.72 Å². The van der Waals surface area contributed by atoms with E-state index in [0.717, 1.165) is 11.3 Å². The Hall–Kier alpha value is -1.87. The second-order valence-corrected chi connectivity index (χ2v) is 6.21. The van der Waals surface area contributed by atoms with E-state index in [1.807, 2.05) is 0 Å². The van der Waals surface area contributed by atoms with E-state index in [0.29, 0.717) is 5.56 Å². The molecule has 0 amide bonds. The van der Waals surface area contributed by atoms with Crippen molar-refractivity contribution < 1.29 is 17.9 Å². The molecule has 7 nitrogen and oxygen atoms in total. The van der Waals surface area contributed by atoms with Crippen molar-refractivity contribution in [2.45, 2.75) is 11.8 Å². The molecular weight excluding hydrogens is 290 g/mol. The number of sulfonamides is 1. The molecule has 0 atom stereocenters. The van der Waals surface area contributed by atoms with Gasteiger partial charge in [-0.25, -0.2) is 13.2 Å². The number of aryl methyl sites for hydroxylation is 1. The molecule has 0 aliphatic rings. The van der Waals surface area contributed by atoms with E-state index < -0.39 is 16.0 Å². The maximum atomic E-state index is 12.2. The summed E-state index contributed by atoms with van der Waals surface area (Å²) in [6, 6.07) is 1.35. The molecule has 0 unspecified atom stereocenters. The maximum absolute atomic E-state index is 12.2. The van der Waals surface area contributed by atoms with Gasteiger partial charge in [-0.3, -0.25) is 9.82 Å². The van der Waals surface area contributed by atoms with Crippen LogP contribution >= 0.6 is 11.3 Å². The largest absolute Gasteiger partial charge is 0.465 e. The lowest BCUT2D eigenvalue weighted by Crippen LogP contribution is -2.16. The zero-order valence-corrected chi connectivity index (χ0v) is 11.8. The molecule has 0 spiro atoms. The Morgan fingerprint density at radius 2 is 2.26 bits per heavy atom. The summed E-state index contributed by atoms with van der Waals surface area (Å²) in [5, 5.41) is 7.77. The van der Waals surface area contributed by atoms with E-state index in [1.165, 1.54) is 24.8 Å². The number of carbonyl (C=O) groups is 1. The topological polar surface area (TPSA) is 101 Å². The van der Waals surface area contributed by atoms with E-state index in [2.05, 4.69) is 19.7 Å². The number of ether oxygens (including phenoxy) is 1. The van der Waals surface area contributed by atoms with Gasteiger partial charge in [0, 0.05) is 5.56 Å². The Morgan fingerprint density at radius 3 is 2.84 bits per heavy atom. The van der Waals surface area contributed by atoms with Gasteiger partial charge in [0.1, 0.15) is 15.6 Å². The van der Waals surface area contributed by atoms with Crippen LogP contribution in [0.2, 0.25) is 0 Å². The minimum absolute atomic E-state index is 0.0344. The number of esters is 1. The first-order valence-electron chi connectivity index (χ1n) is 5.14. The second-order valence-electron chi connectivity index (χ2n) is 3.64. The number of hydrogen-bond donors (Lipinski definition) is 2. The van der Waals surface area contributed by atoms with Crippen molar-refractivity contribution in [3.63, 3.8) is 0 Å². The number of anilines is 1. The van der Waals surface area contributed by atoms with Gasteiger partial charge in [0.25, 0.3) is 10.0 Å². The fourth-order valence-corrected chi connectivity index (χ4v) is 3.81. The number of rotatable bonds is 4. The number of carbonyl (C=O) groups excluding carboxylic acids is 1. The fraction of sp³-hybridized carbons (Fsp3) is 0.200. The number of aromatic amines is 1. The molecule has 9 heteroatoms. The molecule has 2 aromatic heterocycles. The van der Waals surface area contributed by atoms with E-state index in [1.54, 1.807) is 6.92 Å². The van der Waals surface area contributed by atoms with E-state index in [4.69, 9.17) is 0 Å². The number of methoxy groups -OCH3 is 1. The van der Waals surface area contributed by atoms with Gasteiger partial charge >= 0.3 is 5.97 Å². The van der Waals surface area contributed by atoms with Gasteiger partial charge in [0.05, 0.1) is 13.3 Å². The summed E-state index contributed by atoms with van der Waals surface area (Å²) in [5.74, 6) is -0.418. The normalized spacial score (nSPS) is 11.3. The molecule has 2 heterocycles. The lowest BCUT2D eigenvalue weighted by Gasteiger charge is -2.07. The minimum atomic E-state index is -3.86. The van der Waals surface area contributed by atoms with Crippen molar-refractivity contribution in [3.05, 3.63) is 28.1 Å². The number of thiophene rings is 1. The van der Waals surface area contributed by atoms with Gasteiger partial charge in [-0.2, -0.15) is 5.10 Å². The van der Waals surface area contributed by atoms with Crippen LogP contribution in [0.25, 0.3) is 0 Å². The summed E-state index contributed by atoms with van der Waals surface area (Å²) in [4.78, 5) is 11.4. The molecule has 0 saturated carbocycles. The quantitative estimate of drug-likeness (QED) is 0.830. The molecule has 0 radical (unpaired) electrons. The SMILES string of the molecule is COC(=O)c1sccc1S(=O)(=O)Nc1[nH]ncc1C. The van der Waals surface area contributed by atoms with Crippen molar-refractivity contribution >= 4 is 33.1 Å². The Bertz CT molecular complexity index is 702. The zero-order chi connectivity index (χ0) is 14.0. The maximum Gasteiger partial charge on any atom is 0.349 e. The first kappa shape index (κ1) is 13.6. The number of H-pyrrole nitrogens is 1. The highest BCUT2D eigenvalue weighted by Gasteiger charge is 2.25. The minimum Gasteiger partial charge on any atom is -0.465 e. The fourth-order valence-electron chi connectivity index (χ4n) is 1.39. The first-order chi connectivity index (χ1) is 8.95. The molecule has 2 aromatic rings. The molecule has 102 valence electrons. The average molecular weight is 301 g/mol. The van der Waals surface area contributed by atoms with Crippen molar-refractivity contribution in [3.8, 4) is 0 Å². The van der Waals surface area contributed by atoms with Crippen LogP contribution in [0.5, 0.6) is 0 Å². The second kappa shape index (κ2) is 5.02. The van der Waals surface area contributed by atoms with E-state index >= 15 is 0 Å². The number of nitrogens with one attached hydrogen (secondary N) is 2. The zero-order valence-electron chi connectivity index (χ0n) is 10.1. The lowest BCUT2D eigenvalue weighted by atomic mass is 10.4. The van der Waals surface area contributed by atoms with Gasteiger partial charge in [-0.15, -0.1) is 11.3 Å². The molecule has 0 aliphatic carbocycles. The Labute approximate surface area is 113 Å². The highest BCUT2D eigenvalue weighted by atomic mass is 32.2. The van der Waals surface area contributed by atoms with Crippen molar-refractivity contribution in [2.24, 2.45) is 0 Å². The standard InChI is InChI=1S/C10H11N3O4S2/c1-6-5-11-12-9(6)13-19(15,16)7-3-4-18-8(7)10(14)17-2/h3-5H,1-2H3,(H2,11,12,13). The number of nitrogens with zero attached hydrogens (tertiary/aromatic N) is 1. The molecule has 2 N–H and O–H groups in total. The van der Waals surface area contributed by atoms with Crippen molar-refractivity contribution in [2.75, 3.05) is 11.8 Å². The molecule has 2 rings (SSSR count). The Kier molecular flexibility index (Phi) is 3.58. The van der Waals surface area contributed by atoms with Crippen LogP contribution in [0.4, 0.5) is 5.82 Å². The summed E-state index contributed by atoms with van der Waals surface area (Å²) in [6.45, 7) is 1.70. The van der Waals surface area contributed by atoms with Gasteiger partial charge in [0.15, 0.2) is 0 Å². The molecule has 0 saturated heterocycles. The van der Waals surface area contributed by atoms with Gasteiger partial charge in [0.2, 0.25) is 0 Å². The predicted octanol–water partition coefficient (Wildman–Crippen LogP) is 1.37. The third-order valence-electron chi connectivity index (χ3n) is 2.35. The highest BCUT2D eigenvalue weighted by molar-refractivity contribution is 7.93. The summed E-state index contributed by atoms with van der Waals surface area (Å²) in [7, 11) is -2.66. The van der Waals surface area contributed by atoms with Gasteiger partial charge < -0.3 is 4.74 Å². The van der Waals surface area contributed by atoms with E-state index in [9.17, 15) is 13.2 Å². The monoisotopic (exact) mass is 301 g/mol. The molecular formula is C10H11N3O4S2. The number of aromatic nitrogens is 2. The Morgan fingerprint density at radius 1 is 1.53 bits per heavy atom. The highest BCUT2D eigenvalue weighted by Crippen LogP contribution is 2.25. The van der Waals surface area contributed by atoms with E-state index in [-0.39, 0.29) is 15.6 Å². The van der Waals surface area contributed by atoms with Crippen LogP contribution in [0, 0.1) is 6.92 Å².